The molecule has 32 heavy (non-hydrogen) atoms. The maximum absolute atomic E-state index is 15.2. The van der Waals surface area contributed by atoms with Crippen LogP contribution < -0.4 is 10.3 Å². The minimum absolute atomic E-state index is 0.0794. The van der Waals surface area contributed by atoms with Gasteiger partial charge in [-0.1, -0.05) is 18.9 Å². The molecule has 3 aromatic rings. The number of benzene rings is 2. The van der Waals surface area contributed by atoms with Gasteiger partial charge in [0.25, 0.3) is 0 Å². The van der Waals surface area contributed by atoms with Crippen LogP contribution in [0.4, 0.5) is 10.1 Å². The van der Waals surface area contributed by atoms with Crippen molar-refractivity contribution in [1.82, 2.24) is 4.57 Å². The fraction of sp³-hybridized carbons (Fsp3) is 0.400. The summed E-state index contributed by atoms with van der Waals surface area (Å²) in [6.07, 6.45) is 5.67. The number of hydrogen-bond acceptors (Lipinski definition) is 4. The Bertz CT molecular complexity index is 1320. The maximum atomic E-state index is 15.2. The topological polar surface area (TPSA) is 59.4 Å². The van der Waals surface area contributed by atoms with Gasteiger partial charge in [-0.2, -0.15) is 0 Å². The first-order valence-corrected chi connectivity index (χ1v) is 12.7. The van der Waals surface area contributed by atoms with Crippen molar-refractivity contribution >= 4 is 26.4 Å². The average molecular weight is 457 g/mol. The van der Waals surface area contributed by atoms with Gasteiger partial charge >= 0.3 is 0 Å². The van der Waals surface area contributed by atoms with Crippen LogP contribution in [0.1, 0.15) is 43.7 Å². The molecule has 0 N–H and O–H groups in total. The fourth-order valence-electron chi connectivity index (χ4n) is 4.59. The van der Waals surface area contributed by atoms with Crippen molar-refractivity contribution in [3.63, 3.8) is 0 Å². The van der Waals surface area contributed by atoms with Crippen LogP contribution in [0.15, 0.2) is 51.1 Å². The summed E-state index contributed by atoms with van der Waals surface area (Å²) in [6, 6.07) is 7.92. The van der Waals surface area contributed by atoms with Gasteiger partial charge < -0.3 is 9.47 Å². The van der Waals surface area contributed by atoms with Crippen LogP contribution in [0, 0.1) is 19.7 Å². The summed E-state index contributed by atoms with van der Waals surface area (Å²) in [4.78, 5) is 15.1. The lowest BCUT2D eigenvalue weighted by molar-refractivity contribution is 0.593. The predicted octanol–water partition coefficient (Wildman–Crippen LogP) is 4.99. The molecule has 1 aromatic heterocycles. The third-order valence-electron chi connectivity index (χ3n) is 6.20. The summed E-state index contributed by atoms with van der Waals surface area (Å²) in [5.41, 5.74) is 1.97. The number of aromatic nitrogens is 1. The van der Waals surface area contributed by atoms with Gasteiger partial charge in [0.05, 0.1) is 21.5 Å². The molecule has 5 nitrogen and oxygen atoms in total. The molecule has 0 atom stereocenters. The van der Waals surface area contributed by atoms with Crippen LogP contribution in [0.2, 0.25) is 0 Å². The zero-order valence-corrected chi connectivity index (χ0v) is 19.6. The van der Waals surface area contributed by atoms with Crippen molar-refractivity contribution in [3.8, 4) is 0 Å². The second kappa shape index (κ2) is 8.70. The zero-order valence-electron chi connectivity index (χ0n) is 18.8. The highest BCUT2D eigenvalue weighted by Crippen LogP contribution is 2.29. The molecule has 4 rings (SSSR count). The van der Waals surface area contributed by atoms with Crippen molar-refractivity contribution in [2.75, 3.05) is 18.0 Å². The first-order valence-electron chi connectivity index (χ1n) is 11.2. The van der Waals surface area contributed by atoms with E-state index in [4.69, 9.17) is 0 Å². The number of nitrogens with zero attached hydrogens (tertiary/aromatic N) is 2. The van der Waals surface area contributed by atoms with E-state index in [1.54, 1.807) is 22.8 Å². The third-order valence-corrected chi connectivity index (χ3v) is 7.92. The molecule has 0 amide bonds. The fourth-order valence-corrected chi connectivity index (χ4v) is 6.15. The van der Waals surface area contributed by atoms with Crippen molar-refractivity contribution in [3.05, 3.63) is 63.7 Å². The Hall–Kier alpha value is -2.67. The molecule has 0 bridgehead atoms. The summed E-state index contributed by atoms with van der Waals surface area (Å²) in [7, 11) is -4.05. The van der Waals surface area contributed by atoms with Crippen LogP contribution in [-0.4, -0.2) is 26.1 Å². The van der Waals surface area contributed by atoms with E-state index in [-0.39, 0.29) is 15.2 Å². The van der Waals surface area contributed by atoms with E-state index >= 15 is 4.39 Å². The normalized spacial score (nSPS) is 15.2. The van der Waals surface area contributed by atoms with E-state index in [1.165, 1.54) is 12.3 Å². The summed E-state index contributed by atoms with van der Waals surface area (Å²) >= 11 is 0. The van der Waals surface area contributed by atoms with Gasteiger partial charge in [-0.3, -0.25) is 4.79 Å². The first kappa shape index (κ1) is 22.5. The number of fused-ring (bicyclic) bond motifs is 1. The van der Waals surface area contributed by atoms with Gasteiger partial charge in [0.1, 0.15) is 10.7 Å². The number of halogens is 1. The molecule has 2 heterocycles. The minimum atomic E-state index is -4.05. The van der Waals surface area contributed by atoms with Gasteiger partial charge in [-0.15, -0.1) is 0 Å². The number of sulfone groups is 1. The number of hydrogen-bond donors (Lipinski definition) is 0. The van der Waals surface area contributed by atoms with Crippen LogP contribution in [0.5, 0.6) is 0 Å². The molecular weight excluding hydrogens is 427 g/mol. The van der Waals surface area contributed by atoms with E-state index in [0.717, 1.165) is 49.9 Å². The molecule has 0 spiro atoms. The number of aryl methyl sites for hydroxylation is 3. The Morgan fingerprint density at radius 1 is 0.938 bits per heavy atom. The summed E-state index contributed by atoms with van der Waals surface area (Å²) in [5.74, 6) is -0.486. The van der Waals surface area contributed by atoms with E-state index in [1.807, 2.05) is 31.7 Å². The van der Waals surface area contributed by atoms with Crippen LogP contribution in [-0.2, 0) is 16.4 Å². The highest BCUT2D eigenvalue weighted by Gasteiger charge is 2.25. The third kappa shape index (κ3) is 4.06. The smallest absolute Gasteiger partial charge is 0.211 e. The van der Waals surface area contributed by atoms with Crippen molar-refractivity contribution in [2.24, 2.45) is 0 Å². The molecule has 1 saturated heterocycles. The first-order chi connectivity index (χ1) is 15.2. The second-order valence-corrected chi connectivity index (χ2v) is 10.6. The largest absolute Gasteiger partial charge is 0.369 e. The second-order valence-electron chi connectivity index (χ2n) is 8.66. The standard InChI is InChI=1S/C25H29FN2O3S/c1-4-27-16-24(32(30,31)19-12-17(2)11-18(3)13-19)25(29)20-14-21(26)23(15-22(20)27)28-9-7-5-6-8-10-28/h11-16H,4-10H2,1-3H3. The molecule has 7 heteroatoms. The summed E-state index contributed by atoms with van der Waals surface area (Å²) < 4.78 is 43.7. The molecule has 1 aliphatic rings. The Morgan fingerprint density at radius 3 is 2.16 bits per heavy atom. The van der Waals surface area contributed by atoms with Crippen molar-refractivity contribution in [1.29, 1.82) is 0 Å². The molecule has 1 fully saturated rings. The lowest BCUT2D eigenvalue weighted by atomic mass is 10.1. The average Bonchev–Trinajstić information content (AvgIpc) is 3.02. The maximum Gasteiger partial charge on any atom is 0.211 e. The number of anilines is 1. The molecule has 0 unspecified atom stereocenters. The van der Waals surface area contributed by atoms with Crippen molar-refractivity contribution in [2.45, 2.75) is 62.8 Å². The predicted molar refractivity (Wildman–Crippen MR) is 126 cm³/mol. The Labute approximate surface area is 188 Å². The van der Waals surface area contributed by atoms with Crippen molar-refractivity contribution < 1.29 is 12.8 Å². The van der Waals surface area contributed by atoms with Gasteiger partial charge in [-0.05, 0) is 69.0 Å². The van der Waals surface area contributed by atoms with E-state index < -0.39 is 21.1 Å². The Balaban J connectivity index is 1.92. The highest BCUT2D eigenvalue weighted by atomic mass is 32.2. The lowest BCUT2D eigenvalue weighted by Crippen LogP contribution is -2.26. The molecular formula is C25H29FN2O3S. The SMILES string of the molecule is CCn1cc(S(=O)(=O)c2cc(C)cc(C)c2)c(=O)c2cc(F)c(N3CCCCCC3)cc21. The van der Waals surface area contributed by atoms with E-state index in [0.29, 0.717) is 17.7 Å². The van der Waals surface area contributed by atoms with Crippen LogP contribution in [0.25, 0.3) is 10.9 Å². The highest BCUT2D eigenvalue weighted by molar-refractivity contribution is 7.91. The van der Waals surface area contributed by atoms with Crippen LogP contribution >= 0.6 is 0 Å². The molecule has 1 aliphatic heterocycles. The van der Waals surface area contributed by atoms with Gasteiger partial charge in [0.2, 0.25) is 15.3 Å². The quantitative estimate of drug-likeness (QED) is 0.555. The summed E-state index contributed by atoms with van der Waals surface area (Å²) in [5, 5.41) is 0.0911. The van der Waals surface area contributed by atoms with Crippen LogP contribution in [0.3, 0.4) is 0 Å². The van der Waals surface area contributed by atoms with Gasteiger partial charge in [-0.25, -0.2) is 12.8 Å². The molecule has 0 saturated carbocycles. The Kier molecular flexibility index (Phi) is 6.12. The number of pyridine rings is 1. The lowest BCUT2D eigenvalue weighted by Gasteiger charge is -2.24. The van der Waals surface area contributed by atoms with Gasteiger partial charge in [0.15, 0.2) is 0 Å². The van der Waals surface area contributed by atoms with E-state index in [2.05, 4.69) is 0 Å². The molecule has 2 aromatic carbocycles. The molecule has 0 aliphatic carbocycles. The van der Waals surface area contributed by atoms with Gasteiger partial charge in [0, 0.05) is 25.8 Å². The molecule has 170 valence electrons. The van der Waals surface area contributed by atoms with E-state index in [9.17, 15) is 13.2 Å². The monoisotopic (exact) mass is 456 g/mol. The zero-order chi connectivity index (χ0) is 23.0. The minimum Gasteiger partial charge on any atom is -0.369 e. The number of rotatable bonds is 4. The molecule has 0 radical (unpaired) electrons. The summed E-state index contributed by atoms with van der Waals surface area (Å²) in [6.45, 7) is 7.52. The Morgan fingerprint density at radius 2 is 1.56 bits per heavy atom.